The molecule has 3 aromatic heterocycles. The molecule has 1 fully saturated rings. The Morgan fingerprint density at radius 2 is 2.05 bits per heavy atom. The summed E-state index contributed by atoms with van der Waals surface area (Å²) >= 11 is 0. The molecule has 0 N–H and O–H groups in total. The molecule has 21 heavy (non-hydrogen) atoms. The lowest BCUT2D eigenvalue weighted by Crippen LogP contribution is -2.21. The molecule has 4 heterocycles. The number of anilines is 1. The van der Waals surface area contributed by atoms with Crippen molar-refractivity contribution in [1.29, 1.82) is 0 Å². The van der Waals surface area contributed by atoms with Crippen molar-refractivity contribution in [3.05, 3.63) is 48.4 Å². The lowest BCUT2D eigenvalue weighted by Gasteiger charge is -2.18. The van der Waals surface area contributed by atoms with Gasteiger partial charge in [-0.15, -0.1) is 0 Å². The molecule has 0 aromatic carbocycles. The number of nitrogens with zero attached hydrogens (tertiary/aromatic N) is 6. The van der Waals surface area contributed by atoms with Crippen LogP contribution in [0, 0.1) is 6.92 Å². The number of aromatic nitrogens is 5. The molecule has 1 aliphatic rings. The smallest absolute Gasteiger partial charge is 0.233 e. The second-order valence-corrected chi connectivity index (χ2v) is 5.42. The van der Waals surface area contributed by atoms with Gasteiger partial charge >= 0.3 is 0 Å². The van der Waals surface area contributed by atoms with Gasteiger partial charge in [0.2, 0.25) is 5.78 Å². The van der Waals surface area contributed by atoms with E-state index in [0.717, 1.165) is 36.8 Å². The minimum Gasteiger partial charge on any atom is -0.356 e. The molecular formula is C15H16N6. The number of rotatable bonds is 2. The van der Waals surface area contributed by atoms with Crippen LogP contribution in [0.25, 0.3) is 5.78 Å². The van der Waals surface area contributed by atoms with E-state index in [-0.39, 0.29) is 0 Å². The summed E-state index contributed by atoms with van der Waals surface area (Å²) in [6.45, 7) is 3.98. The van der Waals surface area contributed by atoms with Gasteiger partial charge in [-0.3, -0.25) is 4.40 Å². The molecule has 6 heteroatoms. The average Bonchev–Trinajstić information content (AvgIpc) is 3.16. The maximum absolute atomic E-state index is 4.39. The standard InChI is InChI=1S/C15H16N6/c1-11-8-14(19-10-18-11)20-6-3-12(9-20)13-2-4-16-15-17-5-7-21(13)15/h2,4-5,7-8,10,12H,3,6,9H2,1H3/t12-/m0/s1. The summed E-state index contributed by atoms with van der Waals surface area (Å²) in [5.74, 6) is 2.25. The minimum absolute atomic E-state index is 0.472. The normalized spacial score (nSPS) is 18.5. The van der Waals surface area contributed by atoms with Crippen molar-refractivity contribution < 1.29 is 0 Å². The van der Waals surface area contributed by atoms with Crippen LogP contribution in [0.1, 0.15) is 23.7 Å². The lowest BCUT2D eigenvalue weighted by molar-refractivity contribution is 0.725. The average molecular weight is 280 g/mol. The maximum Gasteiger partial charge on any atom is 0.233 e. The van der Waals surface area contributed by atoms with Gasteiger partial charge in [-0.05, 0) is 19.4 Å². The number of fused-ring (bicyclic) bond motifs is 1. The third-order valence-corrected chi connectivity index (χ3v) is 4.05. The highest BCUT2D eigenvalue weighted by molar-refractivity contribution is 5.42. The van der Waals surface area contributed by atoms with Gasteiger partial charge in [-0.25, -0.2) is 19.9 Å². The van der Waals surface area contributed by atoms with Gasteiger partial charge in [-0.1, -0.05) is 0 Å². The monoisotopic (exact) mass is 280 g/mol. The fourth-order valence-electron chi connectivity index (χ4n) is 3.01. The fraction of sp³-hybridized carbons (Fsp3) is 0.333. The van der Waals surface area contributed by atoms with Crippen LogP contribution in [-0.2, 0) is 0 Å². The van der Waals surface area contributed by atoms with Crippen LogP contribution in [-0.4, -0.2) is 37.4 Å². The van der Waals surface area contributed by atoms with Crippen LogP contribution in [0.3, 0.4) is 0 Å². The van der Waals surface area contributed by atoms with Crippen molar-refractivity contribution in [2.24, 2.45) is 0 Å². The van der Waals surface area contributed by atoms with Crippen molar-refractivity contribution in [3.63, 3.8) is 0 Å². The number of aryl methyl sites for hydroxylation is 1. The van der Waals surface area contributed by atoms with Crippen molar-refractivity contribution in [1.82, 2.24) is 24.3 Å². The molecule has 6 nitrogen and oxygen atoms in total. The van der Waals surface area contributed by atoms with E-state index in [4.69, 9.17) is 0 Å². The first kappa shape index (κ1) is 12.3. The van der Waals surface area contributed by atoms with Gasteiger partial charge in [0, 0.05) is 55.1 Å². The van der Waals surface area contributed by atoms with Gasteiger partial charge in [-0.2, -0.15) is 0 Å². The van der Waals surface area contributed by atoms with E-state index >= 15 is 0 Å². The highest BCUT2D eigenvalue weighted by Crippen LogP contribution is 2.29. The van der Waals surface area contributed by atoms with E-state index in [1.807, 2.05) is 25.4 Å². The molecular weight excluding hydrogens is 264 g/mol. The van der Waals surface area contributed by atoms with Crippen molar-refractivity contribution >= 4 is 11.6 Å². The van der Waals surface area contributed by atoms with E-state index in [1.165, 1.54) is 5.69 Å². The first-order chi connectivity index (χ1) is 10.3. The second-order valence-electron chi connectivity index (χ2n) is 5.42. The predicted octanol–water partition coefficient (Wildman–Crippen LogP) is 1.82. The fourth-order valence-corrected chi connectivity index (χ4v) is 3.01. The molecule has 0 spiro atoms. The summed E-state index contributed by atoms with van der Waals surface area (Å²) in [7, 11) is 0. The van der Waals surface area contributed by atoms with E-state index < -0.39 is 0 Å². The summed E-state index contributed by atoms with van der Waals surface area (Å²) in [6.07, 6.45) is 8.37. The van der Waals surface area contributed by atoms with Crippen molar-refractivity contribution in [2.75, 3.05) is 18.0 Å². The van der Waals surface area contributed by atoms with Gasteiger partial charge in [0.05, 0.1) is 0 Å². The minimum atomic E-state index is 0.472. The predicted molar refractivity (Wildman–Crippen MR) is 79.3 cm³/mol. The second kappa shape index (κ2) is 4.80. The largest absolute Gasteiger partial charge is 0.356 e. The van der Waals surface area contributed by atoms with Crippen molar-refractivity contribution in [2.45, 2.75) is 19.3 Å². The summed E-state index contributed by atoms with van der Waals surface area (Å²) in [5, 5.41) is 0. The van der Waals surface area contributed by atoms with Gasteiger partial charge < -0.3 is 4.90 Å². The third-order valence-electron chi connectivity index (χ3n) is 4.05. The van der Waals surface area contributed by atoms with E-state index in [0.29, 0.717) is 5.92 Å². The van der Waals surface area contributed by atoms with Crippen LogP contribution in [0.5, 0.6) is 0 Å². The Balaban J connectivity index is 1.63. The first-order valence-corrected chi connectivity index (χ1v) is 7.13. The molecule has 0 amide bonds. The van der Waals surface area contributed by atoms with Gasteiger partial charge in [0.15, 0.2) is 0 Å². The summed E-state index contributed by atoms with van der Waals surface area (Å²) in [5.41, 5.74) is 2.27. The van der Waals surface area contributed by atoms with Crippen LogP contribution in [0.2, 0.25) is 0 Å². The van der Waals surface area contributed by atoms with Crippen LogP contribution >= 0.6 is 0 Å². The van der Waals surface area contributed by atoms with Crippen LogP contribution in [0.4, 0.5) is 5.82 Å². The Hall–Kier alpha value is -2.50. The number of imidazole rings is 1. The Morgan fingerprint density at radius 3 is 2.95 bits per heavy atom. The molecule has 0 unspecified atom stereocenters. The molecule has 0 aliphatic carbocycles. The van der Waals surface area contributed by atoms with E-state index in [1.54, 1.807) is 12.5 Å². The number of hydrogen-bond acceptors (Lipinski definition) is 5. The zero-order valence-corrected chi connectivity index (χ0v) is 11.8. The molecule has 3 aromatic rings. The molecule has 1 aliphatic heterocycles. The zero-order valence-electron chi connectivity index (χ0n) is 11.8. The summed E-state index contributed by atoms with van der Waals surface area (Å²) < 4.78 is 2.08. The molecule has 1 saturated heterocycles. The zero-order chi connectivity index (χ0) is 14.2. The van der Waals surface area contributed by atoms with Gasteiger partial charge in [0.1, 0.15) is 12.1 Å². The number of hydrogen-bond donors (Lipinski definition) is 0. The Labute approximate surface area is 122 Å². The lowest BCUT2D eigenvalue weighted by atomic mass is 10.0. The maximum atomic E-state index is 4.39. The Morgan fingerprint density at radius 1 is 1.14 bits per heavy atom. The molecule has 0 radical (unpaired) electrons. The highest BCUT2D eigenvalue weighted by atomic mass is 15.2. The SMILES string of the molecule is Cc1cc(N2CC[C@H](c3ccnc4nccn34)C2)ncn1. The topological polar surface area (TPSA) is 59.2 Å². The highest BCUT2D eigenvalue weighted by Gasteiger charge is 2.26. The molecule has 4 rings (SSSR count). The summed E-state index contributed by atoms with van der Waals surface area (Å²) in [6, 6.07) is 4.13. The Kier molecular flexibility index (Phi) is 2.80. The molecule has 0 saturated carbocycles. The van der Waals surface area contributed by atoms with Crippen LogP contribution < -0.4 is 4.90 Å². The van der Waals surface area contributed by atoms with Crippen molar-refractivity contribution in [3.8, 4) is 0 Å². The first-order valence-electron chi connectivity index (χ1n) is 7.13. The quantitative estimate of drug-likeness (QED) is 0.716. The van der Waals surface area contributed by atoms with E-state index in [2.05, 4.69) is 35.3 Å². The molecule has 1 atom stereocenters. The van der Waals surface area contributed by atoms with Gasteiger partial charge in [0.25, 0.3) is 0 Å². The van der Waals surface area contributed by atoms with Crippen LogP contribution in [0.15, 0.2) is 37.1 Å². The molecule has 0 bridgehead atoms. The Bertz CT molecular complexity index is 780. The third kappa shape index (κ3) is 2.12. The molecule has 106 valence electrons. The van der Waals surface area contributed by atoms with E-state index in [9.17, 15) is 0 Å². The summed E-state index contributed by atoms with van der Waals surface area (Å²) in [4.78, 5) is 19.4.